The van der Waals surface area contributed by atoms with Crippen LogP contribution in [-0.2, 0) is 13.0 Å². The van der Waals surface area contributed by atoms with Crippen molar-refractivity contribution in [3.05, 3.63) is 70.2 Å². The van der Waals surface area contributed by atoms with E-state index in [2.05, 4.69) is 26.0 Å². The Hall–Kier alpha value is -3.06. The molecule has 0 saturated heterocycles. The predicted octanol–water partition coefficient (Wildman–Crippen LogP) is 4.16. The van der Waals surface area contributed by atoms with Gasteiger partial charge in [-0.05, 0) is 36.8 Å². The number of para-hydroxylation sites is 2. The van der Waals surface area contributed by atoms with Crippen LogP contribution in [0.3, 0.4) is 0 Å². The number of aryl methyl sites for hydroxylation is 1. The zero-order valence-electron chi connectivity index (χ0n) is 16.9. The third kappa shape index (κ3) is 6.22. The molecule has 3 rings (SSSR count). The van der Waals surface area contributed by atoms with Gasteiger partial charge < -0.3 is 20.1 Å². The van der Waals surface area contributed by atoms with Gasteiger partial charge in [-0.25, -0.2) is 4.98 Å². The fourth-order valence-corrected chi connectivity index (χ4v) is 3.39. The number of hydrogen-bond donors (Lipinski definition) is 2. The average molecular weight is 411 g/mol. The fourth-order valence-electron chi connectivity index (χ4n) is 2.74. The number of rotatable bonds is 8. The van der Waals surface area contributed by atoms with Gasteiger partial charge in [0.1, 0.15) is 5.75 Å². The van der Waals surface area contributed by atoms with Gasteiger partial charge in [0, 0.05) is 31.9 Å². The van der Waals surface area contributed by atoms with Crippen molar-refractivity contribution in [1.82, 2.24) is 15.6 Å². The van der Waals surface area contributed by atoms with Gasteiger partial charge >= 0.3 is 0 Å². The van der Waals surface area contributed by atoms with E-state index < -0.39 is 0 Å². The molecule has 29 heavy (non-hydrogen) atoms. The summed E-state index contributed by atoms with van der Waals surface area (Å²) in [5, 5.41) is 9.84. The lowest BCUT2D eigenvalue weighted by molar-refractivity contribution is 0.379. The van der Waals surface area contributed by atoms with Gasteiger partial charge in [0.05, 0.1) is 17.8 Å². The van der Waals surface area contributed by atoms with Crippen LogP contribution in [-0.4, -0.2) is 31.6 Å². The summed E-state index contributed by atoms with van der Waals surface area (Å²) >= 11 is 1.68. The lowest BCUT2D eigenvalue weighted by atomic mass is 10.2. The Balaban J connectivity index is 1.47. The van der Waals surface area contributed by atoms with Crippen LogP contribution >= 0.6 is 11.3 Å². The second-order valence-electron chi connectivity index (χ2n) is 6.36. The minimum atomic E-state index is 0.671. The summed E-state index contributed by atoms with van der Waals surface area (Å²) in [6.07, 6.45) is 0.875. The van der Waals surface area contributed by atoms with Crippen LogP contribution in [0.25, 0.3) is 0 Å². The second-order valence-corrected chi connectivity index (χ2v) is 7.42. The molecule has 6 nitrogen and oxygen atoms in total. The molecule has 0 bridgehead atoms. The zero-order chi connectivity index (χ0) is 20.5. The molecule has 0 saturated carbocycles. The van der Waals surface area contributed by atoms with Crippen molar-refractivity contribution in [2.45, 2.75) is 19.9 Å². The number of aliphatic imine (C=N–C) groups is 1. The maximum absolute atomic E-state index is 5.91. The highest BCUT2D eigenvalue weighted by atomic mass is 32.1. The average Bonchev–Trinajstić information content (AvgIpc) is 3.17. The molecular formula is C22H26N4O2S. The number of hydrogen-bond acceptors (Lipinski definition) is 5. The van der Waals surface area contributed by atoms with Crippen LogP contribution < -0.4 is 20.1 Å². The van der Waals surface area contributed by atoms with Crippen LogP contribution in [0.2, 0.25) is 0 Å². The molecule has 3 aromatic rings. The lowest BCUT2D eigenvalue weighted by Gasteiger charge is -2.12. The van der Waals surface area contributed by atoms with Crippen molar-refractivity contribution in [1.29, 1.82) is 0 Å². The van der Waals surface area contributed by atoms with Crippen molar-refractivity contribution < 1.29 is 9.47 Å². The van der Waals surface area contributed by atoms with Gasteiger partial charge in [-0.3, -0.25) is 4.99 Å². The summed E-state index contributed by atoms with van der Waals surface area (Å²) < 4.78 is 11.2. The largest absolute Gasteiger partial charge is 0.493 e. The quantitative estimate of drug-likeness (QED) is 0.431. The first-order valence-corrected chi connectivity index (χ1v) is 10.3. The van der Waals surface area contributed by atoms with Crippen molar-refractivity contribution in [2.75, 3.05) is 20.7 Å². The number of nitrogens with zero attached hydrogens (tertiary/aromatic N) is 2. The highest BCUT2D eigenvalue weighted by Crippen LogP contribution is 2.30. The summed E-state index contributed by atoms with van der Waals surface area (Å²) in [5.74, 6) is 2.94. The van der Waals surface area contributed by atoms with E-state index >= 15 is 0 Å². The van der Waals surface area contributed by atoms with Gasteiger partial charge in [-0.2, -0.15) is 0 Å². The van der Waals surface area contributed by atoms with Gasteiger partial charge in [0.25, 0.3) is 0 Å². The van der Waals surface area contributed by atoms with E-state index in [1.165, 1.54) is 0 Å². The van der Waals surface area contributed by atoms with Gasteiger partial charge in [0.2, 0.25) is 0 Å². The summed E-state index contributed by atoms with van der Waals surface area (Å²) in [7, 11) is 3.41. The molecule has 0 radical (unpaired) electrons. The summed E-state index contributed by atoms with van der Waals surface area (Å²) in [6.45, 7) is 3.48. The van der Waals surface area contributed by atoms with Gasteiger partial charge in [-0.1, -0.05) is 24.3 Å². The smallest absolute Gasteiger partial charge is 0.191 e. The Labute approximate surface area is 175 Å². The maximum atomic E-state index is 5.91. The molecular weight excluding hydrogens is 384 g/mol. The number of guanidine groups is 1. The molecule has 7 heteroatoms. The summed E-state index contributed by atoms with van der Waals surface area (Å²) in [6, 6.07) is 15.6. The Kier molecular flexibility index (Phi) is 7.47. The molecule has 0 atom stereocenters. The molecule has 0 aliphatic rings. The monoisotopic (exact) mass is 410 g/mol. The van der Waals surface area contributed by atoms with E-state index in [1.807, 2.05) is 55.5 Å². The SMILES string of the molecule is CN=C(NCCc1csc(C)n1)NCc1ccc(Oc2ccccc2OC)cc1. The topological polar surface area (TPSA) is 67.8 Å². The summed E-state index contributed by atoms with van der Waals surface area (Å²) in [4.78, 5) is 8.74. The van der Waals surface area contributed by atoms with Crippen LogP contribution in [0.4, 0.5) is 0 Å². The first-order valence-electron chi connectivity index (χ1n) is 9.43. The highest BCUT2D eigenvalue weighted by molar-refractivity contribution is 7.09. The first kappa shape index (κ1) is 20.7. The third-order valence-electron chi connectivity index (χ3n) is 4.24. The second kappa shape index (κ2) is 10.5. The van der Waals surface area contributed by atoms with E-state index in [1.54, 1.807) is 25.5 Å². The highest BCUT2D eigenvalue weighted by Gasteiger charge is 2.05. The standard InChI is InChI=1S/C22H26N4O2S/c1-16-26-18(15-29-16)12-13-24-22(23-2)25-14-17-8-10-19(11-9-17)28-21-7-5-4-6-20(21)27-3/h4-11,15H,12-14H2,1-3H3,(H2,23,24,25). The number of benzene rings is 2. The van der Waals surface area contributed by atoms with Crippen LogP contribution in [0.5, 0.6) is 17.2 Å². The lowest BCUT2D eigenvalue weighted by Crippen LogP contribution is -2.37. The molecule has 1 heterocycles. The van der Waals surface area contributed by atoms with Crippen molar-refractivity contribution in [2.24, 2.45) is 4.99 Å². The fraction of sp³-hybridized carbons (Fsp3) is 0.273. The Morgan fingerprint density at radius 3 is 2.48 bits per heavy atom. The molecule has 0 unspecified atom stereocenters. The number of thiazole rings is 1. The van der Waals surface area contributed by atoms with Crippen molar-refractivity contribution in [3.63, 3.8) is 0 Å². The summed E-state index contributed by atoms with van der Waals surface area (Å²) in [5.41, 5.74) is 2.25. The van der Waals surface area contributed by atoms with Crippen molar-refractivity contribution >= 4 is 17.3 Å². The van der Waals surface area contributed by atoms with E-state index in [4.69, 9.17) is 9.47 Å². The number of aromatic nitrogens is 1. The van der Waals surface area contributed by atoms with E-state index in [9.17, 15) is 0 Å². The van der Waals surface area contributed by atoms with Crippen LogP contribution in [0.15, 0.2) is 58.9 Å². The van der Waals surface area contributed by atoms with E-state index in [0.717, 1.165) is 40.9 Å². The van der Waals surface area contributed by atoms with E-state index in [-0.39, 0.29) is 0 Å². The molecule has 2 N–H and O–H groups in total. The molecule has 0 amide bonds. The Morgan fingerprint density at radius 2 is 1.83 bits per heavy atom. The molecule has 0 spiro atoms. The molecule has 152 valence electrons. The number of nitrogens with one attached hydrogen (secondary N) is 2. The predicted molar refractivity (Wildman–Crippen MR) is 118 cm³/mol. The van der Waals surface area contributed by atoms with E-state index in [0.29, 0.717) is 18.0 Å². The van der Waals surface area contributed by atoms with Crippen LogP contribution in [0, 0.1) is 6.92 Å². The van der Waals surface area contributed by atoms with Gasteiger partial charge in [0.15, 0.2) is 17.5 Å². The zero-order valence-corrected chi connectivity index (χ0v) is 17.8. The first-order chi connectivity index (χ1) is 14.2. The normalized spacial score (nSPS) is 11.2. The minimum absolute atomic E-state index is 0.671. The Morgan fingerprint density at radius 1 is 1.07 bits per heavy atom. The third-order valence-corrected chi connectivity index (χ3v) is 5.07. The van der Waals surface area contributed by atoms with Crippen molar-refractivity contribution in [3.8, 4) is 17.2 Å². The molecule has 2 aromatic carbocycles. The number of methoxy groups -OCH3 is 1. The molecule has 0 aliphatic carbocycles. The minimum Gasteiger partial charge on any atom is -0.493 e. The molecule has 1 aromatic heterocycles. The molecule has 0 fully saturated rings. The Bertz CT molecular complexity index is 938. The molecule has 0 aliphatic heterocycles. The maximum Gasteiger partial charge on any atom is 0.191 e. The number of ether oxygens (including phenoxy) is 2. The van der Waals surface area contributed by atoms with Gasteiger partial charge in [-0.15, -0.1) is 11.3 Å². The van der Waals surface area contributed by atoms with Crippen LogP contribution in [0.1, 0.15) is 16.3 Å².